The van der Waals surface area contributed by atoms with E-state index in [1.54, 1.807) is 36.2 Å². The van der Waals surface area contributed by atoms with Crippen LogP contribution in [0, 0.1) is 6.92 Å². The van der Waals surface area contributed by atoms with E-state index in [1.165, 1.54) is 0 Å². The number of methoxy groups -OCH3 is 1. The molecule has 0 amide bonds. The third-order valence-electron chi connectivity index (χ3n) is 3.47. The number of hydrogen-bond donors (Lipinski definition) is 0. The van der Waals surface area contributed by atoms with Crippen molar-refractivity contribution in [2.24, 2.45) is 0 Å². The summed E-state index contributed by atoms with van der Waals surface area (Å²) in [7, 11) is 1.59. The second kappa shape index (κ2) is 5.33. The molecule has 1 aromatic heterocycles. The Hall–Kier alpha value is -2.14. The van der Waals surface area contributed by atoms with Gasteiger partial charge in [0.25, 0.3) is 5.56 Å². The van der Waals surface area contributed by atoms with Crippen molar-refractivity contribution in [1.82, 2.24) is 9.55 Å². The second-order valence-corrected chi connectivity index (χ2v) is 5.54. The number of ether oxygens (including phenoxy) is 1. The van der Waals surface area contributed by atoms with E-state index in [0.717, 1.165) is 15.7 Å². The van der Waals surface area contributed by atoms with Crippen LogP contribution in [0.5, 0.6) is 5.75 Å². The topological polar surface area (TPSA) is 44.1 Å². The fourth-order valence-electron chi connectivity index (χ4n) is 2.26. The molecule has 0 radical (unpaired) electrons. The van der Waals surface area contributed by atoms with Gasteiger partial charge in [-0.05, 0) is 36.8 Å². The Morgan fingerprint density at radius 2 is 2.05 bits per heavy atom. The molecule has 0 aliphatic rings. The van der Waals surface area contributed by atoms with Crippen LogP contribution in [0.15, 0.2) is 52.0 Å². The van der Waals surface area contributed by atoms with Crippen LogP contribution in [0.2, 0.25) is 0 Å². The average molecular weight is 345 g/mol. The normalized spacial score (nSPS) is 10.8. The van der Waals surface area contributed by atoms with Gasteiger partial charge >= 0.3 is 0 Å². The Balaban J connectivity index is 2.28. The predicted octanol–water partition coefficient (Wildman–Crippen LogP) is 3.47. The van der Waals surface area contributed by atoms with E-state index in [-0.39, 0.29) is 5.56 Å². The minimum Gasteiger partial charge on any atom is -0.497 e. The molecule has 0 unspecified atom stereocenters. The summed E-state index contributed by atoms with van der Waals surface area (Å²) in [6.45, 7) is 1.96. The summed E-state index contributed by atoms with van der Waals surface area (Å²) in [5.74, 6) is 0.686. The lowest BCUT2D eigenvalue weighted by Gasteiger charge is -2.11. The van der Waals surface area contributed by atoms with Gasteiger partial charge in [0, 0.05) is 10.5 Å². The molecule has 3 aromatic rings. The molecule has 0 bridgehead atoms. The van der Waals surface area contributed by atoms with Crippen molar-refractivity contribution in [3.05, 3.63) is 63.1 Å². The van der Waals surface area contributed by atoms with Crippen LogP contribution < -0.4 is 10.3 Å². The van der Waals surface area contributed by atoms with Gasteiger partial charge in [-0.2, -0.15) is 0 Å². The van der Waals surface area contributed by atoms with Gasteiger partial charge < -0.3 is 4.74 Å². The van der Waals surface area contributed by atoms with Gasteiger partial charge in [-0.1, -0.05) is 22.0 Å². The first-order chi connectivity index (χ1) is 10.1. The number of halogens is 1. The van der Waals surface area contributed by atoms with Gasteiger partial charge in [0.2, 0.25) is 0 Å². The van der Waals surface area contributed by atoms with Crippen molar-refractivity contribution < 1.29 is 4.74 Å². The van der Waals surface area contributed by atoms with Crippen molar-refractivity contribution in [3.8, 4) is 11.4 Å². The molecule has 21 heavy (non-hydrogen) atoms. The Bertz CT molecular complexity index is 887. The molecule has 0 aliphatic carbocycles. The van der Waals surface area contributed by atoms with Crippen LogP contribution >= 0.6 is 15.9 Å². The minimum atomic E-state index is -0.0937. The van der Waals surface area contributed by atoms with Crippen LogP contribution in [0.25, 0.3) is 16.6 Å². The Kier molecular flexibility index (Phi) is 3.51. The SMILES string of the molecule is COc1ccc2c(=O)n(-c3cccc(Br)c3C)cnc2c1. The molecule has 3 rings (SSSR count). The first-order valence-corrected chi connectivity index (χ1v) is 7.22. The zero-order valence-corrected chi connectivity index (χ0v) is 13.2. The maximum atomic E-state index is 12.7. The van der Waals surface area contributed by atoms with Crippen LogP contribution in [-0.4, -0.2) is 16.7 Å². The lowest BCUT2D eigenvalue weighted by molar-refractivity contribution is 0.415. The van der Waals surface area contributed by atoms with Crippen molar-refractivity contribution in [2.75, 3.05) is 7.11 Å². The fourth-order valence-corrected chi connectivity index (χ4v) is 2.61. The summed E-state index contributed by atoms with van der Waals surface area (Å²) in [4.78, 5) is 17.0. The number of fused-ring (bicyclic) bond motifs is 1. The third-order valence-corrected chi connectivity index (χ3v) is 4.32. The third kappa shape index (κ3) is 2.34. The van der Waals surface area contributed by atoms with Gasteiger partial charge in [0.15, 0.2) is 0 Å². The summed E-state index contributed by atoms with van der Waals surface area (Å²) in [6, 6.07) is 11.0. The van der Waals surface area contributed by atoms with Gasteiger partial charge in [-0.3, -0.25) is 9.36 Å². The first-order valence-electron chi connectivity index (χ1n) is 6.42. The molecule has 0 saturated heterocycles. The molecule has 5 heteroatoms. The van der Waals surface area contributed by atoms with Crippen LogP contribution in [0.4, 0.5) is 0 Å². The maximum Gasteiger partial charge on any atom is 0.265 e. The monoisotopic (exact) mass is 344 g/mol. The minimum absolute atomic E-state index is 0.0937. The lowest BCUT2D eigenvalue weighted by atomic mass is 10.2. The number of aromatic nitrogens is 2. The largest absolute Gasteiger partial charge is 0.497 e. The summed E-state index contributed by atoms with van der Waals surface area (Å²) >= 11 is 3.48. The molecular weight excluding hydrogens is 332 g/mol. The number of nitrogens with zero attached hydrogens (tertiary/aromatic N) is 2. The molecular formula is C16H13BrN2O2. The fraction of sp³-hybridized carbons (Fsp3) is 0.125. The van der Waals surface area contributed by atoms with Crippen LogP contribution in [0.1, 0.15) is 5.56 Å². The van der Waals surface area contributed by atoms with E-state index < -0.39 is 0 Å². The highest BCUT2D eigenvalue weighted by Crippen LogP contribution is 2.22. The molecule has 0 atom stereocenters. The van der Waals surface area contributed by atoms with E-state index in [2.05, 4.69) is 20.9 Å². The van der Waals surface area contributed by atoms with E-state index >= 15 is 0 Å². The van der Waals surface area contributed by atoms with E-state index in [1.807, 2.05) is 25.1 Å². The number of hydrogen-bond acceptors (Lipinski definition) is 3. The standard InChI is InChI=1S/C16H13BrN2O2/c1-10-13(17)4-3-5-15(10)19-9-18-14-8-11(21-2)6-7-12(14)16(19)20/h3-9H,1-2H3. The van der Waals surface area contributed by atoms with E-state index in [0.29, 0.717) is 16.7 Å². The summed E-state index contributed by atoms with van der Waals surface area (Å²) < 4.78 is 7.68. The molecule has 0 spiro atoms. The van der Waals surface area contributed by atoms with E-state index in [9.17, 15) is 4.79 Å². The quantitative estimate of drug-likeness (QED) is 0.714. The molecule has 106 valence electrons. The zero-order chi connectivity index (χ0) is 15.0. The first kappa shape index (κ1) is 13.8. The smallest absolute Gasteiger partial charge is 0.265 e. The molecule has 0 N–H and O–H groups in total. The Morgan fingerprint density at radius 1 is 1.24 bits per heavy atom. The molecule has 0 saturated carbocycles. The number of benzene rings is 2. The van der Waals surface area contributed by atoms with Crippen molar-refractivity contribution in [2.45, 2.75) is 6.92 Å². The van der Waals surface area contributed by atoms with Gasteiger partial charge in [0.1, 0.15) is 12.1 Å². The highest BCUT2D eigenvalue weighted by molar-refractivity contribution is 9.10. The summed E-state index contributed by atoms with van der Waals surface area (Å²) in [6.07, 6.45) is 1.55. The molecule has 0 aliphatic heterocycles. The Morgan fingerprint density at radius 3 is 2.81 bits per heavy atom. The molecule has 4 nitrogen and oxygen atoms in total. The van der Waals surface area contributed by atoms with Gasteiger partial charge in [-0.15, -0.1) is 0 Å². The predicted molar refractivity (Wildman–Crippen MR) is 86.3 cm³/mol. The Labute approximate surface area is 130 Å². The lowest BCUT2D eigenvalue weighted by Crippen LogP contribution is -2.19. The maximum absolute atomic E-state index is 12.7. The second-order valence-electron chi connectivity index (χ2n) is 4.69. The van der Waals surface area contributed by atoms with Crippen molar-refractivity contribution in [3.63, 3.8) is 0 Å². The van der Waals surface area contributed by atoms with Gasteiger partial charge in [-0.25, -0.2) is 4.98 Å². The summed E-state index contributed by atoms with van der Waals surface area (Å²) in [5.41, 5.74) is 2.35. The zero-order valence-electron chi connectivity index (χ0n) is 11.6. The molecule has 0 fully saturated rings. The average Bonchev–Trinajstić information content (AvgIpc) is 2.50. The highest BCUT2D eigenvalue weighted by Gasteiger charge is 2.09. The van der Waals surface area contributed by atoms with Crippen LogP contribution in [-0.2, 0) is 0 Å². The van der Waals surface area contributed by atoms with E-state index in [4.69, 9.17) is 4.74 Å². The summed E-state index contributed by atoms with van der Waals surface area (Å²) in [5, 5.41) is 0.567. The van der Waals surface area contributed by atoms with Crippen LogP contribution in [0.3, 0.4) is 0 Å². The molecule has 2 aromatic carbocycles. The highest BCUT2D eigenvalue weighted by atomic mass is 79.9. The van der Waals surface area contributed by atoms with Crippen molar-refractivity contribution in [1.29, 1.82) is 0 Å². The number of rotatable bonds is 2. The molecule has 1 heterocycles. The van der Waals surface area contributed by atoms with Crippen molar-refractivity contribution >= 4 is 26.8 Å². The van der Waals surface area contributed by atoms with Gasteiger partial charge in [0.05, 0.1) is 23.7 Å².